The van der Waals surface area contributed by atoms with Crippen molar-refractivity contribution in [3.63, 3.8) is 0 Å². The van der Waals surface area contributed by atoms with Crippen LogP contribution in [0.1, 0.15) is 68.6 Å². The summed E-state index contributed by atoms with van der Waals surface area (Å²) < 4.78 is 0. The van der Waals surface area contributed by atoms with Crippen molar-refractivity contribution in [3.05, 3.63) is 35.4 Å². The molecule has 3 atom stereocenters. The molecular formula is C21H30O4S. The van der Waals surface area contributed by atoms with Crippen LogP contribution in [0, 0.1) is 12.8 Å². The number of hydrogen-bond donors (Lipinski definition) is 2. The van der Waals surface area contributed by atoms with E-state index in [2.05, 4.69) is 0 Å². The van der Waals surface area contributed by atoms with Crippen LogP contribution in [-0.2, 0) is 9.59 Å². The zero-order valence-corrected chi connectivity index (χ0v) is 16.3. The van der Waals surface area contributed by atoms with Crippen LogP contribution < -0.4 is 0 Å². The number of aliphatic hydroxyl groups excluding tert-OH is 1. The maximum Gasteiger partial charge on any atom is 0.303 e. The van der Waals surface area contributed by atoms with Crippen molar-refractivity contribution in [1.82, 2.24) is 0 Å². The second-order valence-electron chi connectivity index (χ2n) is 7.26. The van der Waals surface area contributed by atoms with Crippen LogP contribution >= 0.6 is 11.8 Å². The Morgan fingerprint density at radius 2 is 1.88 bits per heavy atom. The van der Waals surface area contributed by atoms with Crippen molar-refractivity contribution in [1.29, 1.82) is 0 Å². The summed E-state index contributed by atoms with van der Waals surface area (Å²) in [7, 11) is 0. The molecule has 26 heavy (non-hydrogen) atoms. The Labute approximate surface area is 160 Å². The molecule has 0 aliphatic heterocycles. The first kappa shape index (κ1) is 21.0. The van der Waals surface area contributed by atoms with E-state index < -0.39 is 12.1 Å². The molecule has 1 aromatic carbocycles. The standard InChI is InChI=1S/C21H30O4S/c1-15-8-10-16(11-9-15)19(23)14-26-20-13-12-18(22)17(20)6-4-2-3-5-7-21(24)25/h8-11,17,19-20,23H,2-7,12-14H2,1H3,(H,24,25). The molecule has 1 aliphatic rings. The van der Waals surface area contributed by atoms with Crippen molar-refractivity contribution in [2.75, 3.05) is 5.75 Å². The Balaban J connectivity index is 1.72. The fourth-order valence-electron chi connectivity index (χ4n) is 3.52. The molecular weight excluding hydrogens is 348 g/mol. The van der Waals surface area contributed by atoms with Gasteiger partial charge in [-0.3, -0.25) is 9.59 Å². The lowest BCUT2D eigenvalue weighted by molar-refractivity contribution is -0.137. The number of benzene rings is 1. The molecule has 0 spiro atoms. The van der Waals surface area contributed by atoms with Gasteiger partial charge in [0.1, 0.15) is 5.78 Å². The molecule has 0 heterocycles. The Morgan fingerprint density at radius 3 is 2.58 bits per heavy atom. The van der Waals surface area contributed by atoms with Gasteiger partial charge >= 0.3 is 5.97 Å². The zero-order valence-electron chi connectivity index (χ0n) is 15.5. The van der Waals surface area contributed by atoms with Gasteiger partial charge in [-0.2, -0.15) is 11.8 Å². The van der Waals surface area contributed by atoms with Gasteiger partial charge in [-0.15, -0.1) is 0 Å². The number of carbonyl (C=O) groups excluding carboxylic acids is 1. The number of carboxylic acids is 1. The molecule has 0 amide bonds. The number of aryl methyl sites for hydroxylation is 1. The lowest BCUT2D eigenvalue weighted by Crippen LogP contribution is -2.18. The minimum Gasteiger partial charge on any atom is -0.481 e. The third-order valence-corrected chi connectivity index (χ3v) is 6.62. The topological polar surface area (TPSA) is 74.6 Å². The van der Waals surface area contributed by atoms with Crippen LogP contribution in [0.3, 0.4) is 0 Å². The lowest BCUT2D eigenvalue weighted by Gasteiger charge is -2.20. The molecule has 1 aliphatic carbocycles. The third kappa shape index (κ3) is 6.76. The van der Waals surface area contributed by atoms with E-state index in [1.54, 1.807) is 11.8 Å². The zero-order chi connectivity index (χ0) is 18.9. The number of aliphatic carboxylic acids is 1. The molecule has 5 heteroatoms. The van der Waals surface area contributed by atoms with E-state index in [1.807, 2.05) is 31.2 Å². The highest BCUT2D eigenvalue weighted by Crippen LogP contribution is 2.37. The fourth-order valence-corrected chi connectivity index (χ4v) is 4.95. The molecule has 4 nitrogen and oxygen atoms in total. The SMILES string of the molecule is Cc1ccc(C(O)CSC2CCC(=O)C2CCCCCCC(=O)O)cc1. The second kappa shape index (κ2) is 10.7. The fraction of sp³-hybridized carbons (Fsp3) is 0.619. The van der Waals surface area contributed by atoms with E-state index in [4.69, 9.17) is 5.11 Å². The monoisotopic (exact) mass is 378 g/mol. The molecule has 0 bridgehead atoms. The van der Waals surface area contributed by atoms with Crippen LogP contribution in [-0.4, -0.2) is 33.0 Å². The minimum atomic E-state index is -0.737. The second-order valence-corrected chi connectivity index (χ2v) is 8.53. The van der Waals surface area contributed by atoms with E-state index >= 15 is 0 Å². The van der Waals surface area contributed by atoms with E-state index in [0.29, 0.717) is 23.2 Å². The quantitative estimate of drug-likeness (QED) is 0.553. The van der Waals surface area contributed by atoms with Gasteiger partial charge in [-0.05, 0) is 31.7 Å². The summed E-state index contributed by atoms with van der Waals surface area (Å²) >= 11 is 1.73. The predicted octanol–water partition coefficient (Wildman–Crippen LogP) is 4.53. The number of aliphatic hydroxyl groups is 1. The lowest BCUT2D eigenvalue weighted by atomic mass is 9.98. The molecule has 1 aromatic rings. The van der Waals surface area contributed by atoms with Gasteiger partial charge in [-0.25, -0.2) is 0 Å². The van der Waals surface area contributed by atoms with E-state index in [9.17, 15) is 14.7 Å². The van der Waals surface area contributed by atoms with Crippen LogP contribution in [0.4, 0.5) is 0 Å². The Kier molecular flexibility index (Phi) is 8.66. The predicted molar refractivity (Wildman–Crippen MR) is 105 cm³/mol. The number of Topliss-reactive ketones (excluding diaryl/α,β-unsaturated/α-hetero) is 1. The van der Waals surface area contributed by atoms with Gasteiger partial charge in [0.05, 0.1) is 6.10 Å². The highest BCUT2D eigenvalue weighted by atomic mass is 32.2. The maximum absolute atomic E-state index is 12.2. The summed E-state index contributed by atoms with van der Waals surface area (Å²) in [5.41, 5.74) is 2.11. The van der Waals surface area contributed by atoms with Gasteiger partial charge in [0.25, 0.3) is 0 Å². The maximum atomic E-state index is 12.2. The summed E-state index contributed by atoms with van der Waals surface area (Å²) in [5, 5.41) is 19.3. The number of rotatable bonds is 11. The molecule has 2 N–H and O–H groups in total. The molecule has 1 fully saturated rings. The van der Waals surface area contributed by atoms with Crippen molar-refractivity contribution < 1.29 is 19.8 Å². The van der Waals surface area contributed by atoms with Crippen molar-refractivity contribution in [3.8, 4) is 0 Å². The summed E-state index contributed by atoms with van der Waals surface area (Å²) in [6.07, 6.45) is 5.80. The van der Waals surface area contributed by atoms with Crippen LogP contribution in [0.5, 0.6) is 0 Å². The Hall–Kier alpha value is -1.33. The summed E-state index contributed by atoms with van der Waals surface area (Å²) in [6.45, 7) is 2.03. The van der Waals surface area contributed by atoms with Crippen LogP contribution in [0.25, 0.3) is 0 Å². The Bertz CT molecular complexity index is 584. The summed E-state index contributed by atoms with van der Waals surface area (Å²) in [6, 6.07) is 7.95. The normalized spacial score (nSPS) is 21.1. The summed E-state index contributed by atoms with van der Waals surface area (Å²) in [5.74, 6) is 0.345. The van der Waals surface area contributed by atoms with Crippen molar-refractivity contribution in [2.24, 2.45) is 5.92 Å². The number of hydrogen-bond acceptors (Lipinski definition) is 4. The number of unbranched alkanes of at least 4 members (excludes halogenated alkanes) is 3. The number of thioether (sulfide) groups is 1. The Morgan fingerprint density at radius 1 is 1.19 bits per heavy atom. The third-order valence-electron chi connectivity index (χ3n) is 5.12. The highest BCUT2D eigenvalue weighted by molar-refractivity contribution is 8.00. The number of carboxylic acid groups (broad SMARTS) is 1. The minimum absolute atomic E-state index is 0.102. The van der Waals surface area contributed by atoms with E-state index in [1.165, 1.54) is 5.56 Å². The smallest absolute Gasteiger partial charge is 0.303 e. The van der Waals surface area contributed by atoms with Crippen molar-refractivity contribution >= 4 is 23.5 Å². The van der Waals surface area contributed by atoms with Gasteiger partial charge in [-0.1, -0.05) is 49.1 Å². The van der Waals surface area contributed by atoms with E-state index in [-0.39, 0.29) is 12.3 Å². The first-order valence-corrected chi connectivity index (χ1v) is 10.6. The molecule has 0 saturated heterocycles. The van der Waals surface area contributed by atoms with Crippen molar-refractivity contribution in [2.45, 2.75) is 69.6 Å². The average molecular weight is 379 g/mol. The van der Waals surface area contributed by atoms with Crippen LogP contribution in [0.15, 0.2) is 24.3 Å². The number of ketones is 1. The molecule has 2 rings (SSSR count). The molecule has 0 radical (unpaired) electrons. The largest absolute Gasteiger partial charge is 0.481 e. The van der Waals surface area contributed by atoms with Gasteiger partial charge in [0.2, 0.25) is 0 Å². The molecule has 3 unspecified atom stereocenters. The van der Waals surface area contributed by atoms with Crippen LogP contribution in [0.2, 0.25) is 0 Å². The van der Waals surface area contributed by atoms with E-state index in [0.717, 1.165) is 44.1 Å². The van der Waals surface area contributed by atoms with Gasteiger partial charge in [0.15, 0.2) is 0 Å². The molecule has 0 aromatic heterocycles. The summed E-state index contributed by atoms with van der Waals surface area (Å²) in [4.78, 5) is 22.7. The average Bonchev–Trinajstić information content (AvgIpc) is 2.96. The van der Waals surface area contributed by atoms with Gasteiger partial charge in [0, 0.05) is 29.8 Å². The highest BCUT2D eigenvalue weighted by Gasteiger charge is 2.34. The van der Waals surface area contributed by atoms with Gasteiger partial charge < -0.3 is 10.2 Å². The first-order chi connectivity index (χ1) is 12.5. The molecule has 1 saturated carbocycles. The first-order valence-electron chi connectivity index (χ1n) is 9.58. The molecule has 144 valence electrons. The number of carbonyl (C=O) groups is 2.